The van der Waals surface area contributed by atoms with Crippen LogP contribution in [0.15, 0.2) is 48.5 Å². The molecule has 1 atom stereocenters. The molecule has 1 saturated heterocycles. The fourth-order valence-corrected chi connectivity index (χ4v) is 3.51. The molecule has 5 heteroatoms. The first-order valence-electron chi connectivity index (χ1n) is 9.01. The van der Waals surface area contributed by atoms with Crippen LogP contribution in [0.25, 0.3) is 0 Å². The van der Waals surface area contributed by atoms with Crippen molar-refractivity contribution in [2.24, 2.45) is 0 Å². The fraction of sp³-hybridized carbons (Fsp3) is 0.381. The van der Waals surface area contributed by atoms with Crippen molar-refractivity contribution in [2.75, 3.05) is 38.2 Å². The fourth-order valence-electron chi connectivity index (χ4n) is 3.51. The van der Waals surface area contributed by atoms with Crippen molar-refractivity contribution < 1.29 is 14.6 Å². The Morgan fingerprint density at radius 1 is 1.08 bits per heavy atom. The van der Waals surface area contributed by atoms with Gasteiger partial charge in [-0.3, -0.25) is 9.69 Å². The number of carboxylic acids is 1. The third-order valence-electron chi connectivity index (χ3n) is 5.08. The number of rotatable bonds is 6. The molecule has 0 spiro atoms. The first kappa shape index (κ1) is 18.3. The molecule has 0 aromatic heterocycles. The van der Waals surface area contributed by atoms with Gasteiger partial charge in [-0.1, -0.05) is 36.4 Å². The Bertz CT molecular complexity index is 754. The Morgan fingerprint density at radius 2 is 1.73 bits per heavy atom. The van der Waals surface area contributed by atoms with Crippen LogP contribution in [-0.4, -0.2) is 49.3 Å². The van der Waals surface area contributed by atoms with E-state index in [0.717, 1.165) is 55.3 Å². The Hall–Kier alpha value is -2.53. The lowest BCUT2D eigenvalue weighted by Gasteiger charge is -2.37. The van der Waals surface area contributed by atoms with Gasteiger partial charge >= 0.3 is 5.97 Å². The van der Waals surface area contributed by atoms with Crippen LogP contribution >= 0.6 is 0 Å². The van der Waals surface area contributed by atoms with E-state index < -0.39 is 11.9 Å². The second kappa shape index (κ2) is 8.23. The summed E-state index contributed by atoms with van der Waals surface area (Å²) in [4.78, 5) is 16.1. The number of hydrogen-bond donors (Lipinski definition) is 1. The van der Waals surface area contributed by atoms with Crippen LogP contribution in [0.2, 0.25) is 0 Å². The van der Waals surface area contributed by atoms with Gasteiger partial charge in [0.1, 0.15) is 5.75 Å². The van der Waals surface area contributed by atoms with Crippen molar-refractivity contribution in [3.63, 3.8) is 0 Å². The van der Waals surface area contributed by atoms with Crippen molar-refractivity contribution in [3.8, 4) is 5.75 Å². The molecule has 1 N–H and O–H groups in total. The summed E-state index contributed by atoms with van der Waals surface area (Å²) < 4.78 is 5.47. The number of para-hydroxylation sites is 2. The summed E-state index contributed by atoms with van der Waals surface area (Å²) in [7, 11) is 1.70. The molecule has 0 amide bonds. The Kier molecular flexibility index (Phi) is 5.78. The van der Waals surface area contributed by atoms with Crippen molar-refractivity contribution in [2.45, 2.75) is 19.4 Å². The lowest BCUT2D eigenvalue weighted by molar-refractivity contribution is -0.138. The summed E-state index contributed by atoms with van der Waals surface area (Å²) in [5, 5.41) is 9.34. The summed E-state index contributed by atoms with van der Waals surface area (Å²) in [5.74, 6) is -0.360. The summed E-state index contributed by atoms with van der Waals surface area (Å²) in [6.45, 7) is 6.27. The minimum absolute atomic E-state index is 0.485. The van der Waals surface area contributed by atoms with Gasteiger partial charge in [-0.15, -0.1) is 0 Å². The monoisotopic (exact) mass is 354 g/mol. The normalized spacial score (nSPS) is 16.3. The molecular formula is C21H26N2O3. The van der Waals surface area contributed by atoms with E-state index in [1.165, 1.54) is 0 Å². The highest BCUT2D eigenvalue weighted by molar-refractivity contribution is 5.76. The average molecular weight is 354 g/mol. The number of carbonyl (C=O) groups is 1. The Labute approximate surface area is 154 Å². The number of aliphatic carboxylic acids is 1. The number of anilines is 1. The SMILES string of the molecule is COc1ccccc1N1CCN(Cc2ccccc2C(C)C(=O)O)CC1. The molecule has 26 heavy (non-hydrogen) atoms. The molecule has 2 aromatic carbocycles. The lowest BCUT2D eigenvalue weighted by Crippen LogP contribution is -2.46. The molecule has 1 fully saturated rings. The van der Waals surface area contributed by atoms with E-state index in [4.69, 9.17) is 4.74 Å². The second-order valence-electron chi connectivity index (χ2n) is 6.69. The van der Waals surface area contributed by atoms with E-state index in [9.17, 15) is 9.90 Å². The lowest BCUT2D eigenvalue weighted by atomic mass is 9.95. The molecule has 3 rings (SSSR count). The summed E-state index contributed by atoms with van der Waals surface area (Å²) >= 11 is 0. The number of ether oxygens (including phenoxy) is 1. The topological polar surface area (TPSA) is 53.0 Å². The van der Waals surface area contributed by atoms with E-state index in [1.54, 1.807) is 14.0 Å². The molecule has 1 aliphatic heterocycles. The minimum atomic E-state index is -0.779. The highest BCUT2D eigenvalue weighted by atomic mass is 16.5. The third-order valence-corrected chi connectivity index (χ3v) is 5.08. The van der Waals surface area contributed by atoms with Gasteiger partial charge in [-0.05, 0) is 30.2 Å². The predicted molar refractivity (Wildman–Crippen MR) is 103 cm³/mol. The molecule has 0 radical (unpaired) electrons. The maximum absolute atomic E-state index is 11.4. The zero-order valence-electron chi connectivity index (χ0n) is 15.4. The summed E-state index contributed by atoms with van der Waals surface area (Å²) in [6, 6.07) is 16.0. The largest absolute Gasteiger partial charge is 0.495 e. The molecule has 0 aliphatic carbocycles. The predicted octanol–water partition coefficient (Wildman–Crippen LogP) is 3.21. The number of piperazine rings is 1. The number of benzene rings is 2. The zero-order chi connectivity index (χ0) is 18.5. The molecule has 1 unspecified atom stereocenters. The van der Waals surface area contributed by atoms with E-state index in [0.29, 0.717) is 0 Å². The highest BCUT2D eigenvalue weighted by Gasteiger charge is 2.22. The molecule has 0 bridgehead atoms. The number of nitrogens with zero attached hydrogens (tertiary/aromatic N) is 2. The quantitative estimate of drug-likeness (QED) is 0.863. The molecule has 2 aromatic rings. The van der Waals surface area contributed by atoms with Crippen molar-refractivity contribution in [1.82, 2.24) is 4.90 Å². The maximum Gasteiger partial charge on any atom is 0.310 e. The average Bonchev–Trinajstić information content (AvgIpc) is 2.68. The summed E-state index contributed by atoms with van der Waals surface area (Å²) in [5.41, 5.74) is 3.15. The number of carboxylic acid groups (broad SMARTS) is 1. The van der Waals surface area contributed by atoms with Gasteiger partial charge in [0.2, 0.25) is 0 Å². The van der Waals surface area contributed by atoms with E-state index in [-0.39, 0.29) is 0 Å². The summed E-state index contributed by atoms with van der Waals surface area (Å²) in [6.07, 6.45) is 0. The number of methoxy groups -OCH3 is 1. The van der Waals surface area contributed by atoms with Gasteiger partial charge < -0.3 is 14.7 Å². The Morgan fingerprint density at radius 3 is 2.42 bits per heavy atom. The van der Waals surface area contributed by atoms with Crippen LogP contribution in [0.3, 0.4) is 0 Å². The van der Waals surface area contributed by atoms with Gasteiger partial charge in [-0.2, -0.15) is 0 Å². The highest BCUT2D eigenvalue weighted by Crippen LogP contribution is 2.29. The van der Waals surface area contributed by atoms with E-state index in [1.807, 2.05) is 42.5 Å². The van der Waals surface area contributed by atoms with Crippen molar-refractivity contribution >= 4 is 11.7 Å². The van der Waals surface area contributed by atoms with Crippen LogP contribution in [0.4, 0.5) is 5.69 Å². The first-order valence-corrected chi connectivity index (χ1v) is 9.01. The standard InChI is InChI=1S/C21H26N2O3/c1-16(21(24)25)18-8-4-3-7-17(18)15-22-11-13-23(14-12-22)19-9-5-6-10-20(19)26-2/h3-10,16H,11-15H2,1-2H3,(H,24,25). The van der Waals surface area contributed by atoms with Gasteiger partial charge in [-0.25, -0.2) is 0 Å². The second-order valence-corrected chi connectivity index (χ2v) is 6.69. The molecule has 138 valence electrons. The molecule has 5 nitrogen and oxygen atoms in total. The van der Waals surface area contributed by atoms with Crippen LogP contribution < -0.4 is 9.64 Å². The smallest absolute Gasteiger partial charge is 0.310 e. The minimum Gasteiger partial charge on any atom is -0.495 e. The van der Waals surface area contributed by atoms with Crippen LogP contribution in [-0.2, 0) is 11.3 Å². The first-order chi connectivity index (χ1) is 12.6. The molecule has 0 saturated carbocycles. The maximum atomic E-state index is 11.4. The number of hydrogen-bond acceptors (Lipinski definition) is 4. The van der Waals surface area contributed by atoms with E-state index in [2.05, 4.69) is 15.9 Å². The van der Waals surface area contributed by atoms with Crippen LogP contribution in [0, 0.1) is 0 Å². The van der Waals surface area contributed by atoms with Crippen LogP contribution in [0.5, 0.6) is 5.75 Å². The van der Waals surface area contributed by atoms with Gasteiger partial charge in [0.25, 0.3) is 0 Å². The Balaban J connectivity index is 1.66. The molecule has 1 heterocycles. The third kappa shape index (κ3) is 3.99. The van der Waals surface area contributed by atoms with Gasteiger partial charge in [0.15, 0.2) is 0 Å². The van der Waals surface area contributed by atoms with Crippen molar-refractivity contribution in [1.29, 1.82) is 0 Å². The van der Waals surface area contributed by atoms with Gasteiger partial charge in [0, 0.05) is 32.7 Å². The van der Waals surface area contributed by atoms with Crippen LogP contribution in [0.1, 0.15) is 24.0 Å². The van der Waals surface area contributed by atoms with E-state index >= 15 is 0 Å². The van der Waals surface area contributed by atoms with Gasteiger partial charge in [0.05, 0.1) is 18.7 Å². The van der Waals surface area contributed by atoms with Crippen molar-refractivity contribution in [3.05, 3.63) is 59.7 Å². The zero-order valence-corrected chi connectivity index (χ0v) is 15.4. The molecular weight excluding hydrogens is 328 g/mol. The molecule has 1 aliphatic rings.